The van der Waals surface area contributed by atoms with E-state index in [9.17, 15) is 0 Å². The predicted molar refractivity (Wildman–Crippen MR) is 79.2 cm³/mol. The lowest BCUT2D eigenvalue weighted by atomic mass is 9.95. The Labute approximate surface area is 114 Å². The molecule has 3 nitrogen and oxygen atoms in total. The molecule has 1 aromatic rings. The summed E-state index contributed by atoms with van der Waals surface area (Å²) in [5.74, 6) is 0.792. The van der Waals surface area contributed by atoms with Crippen molar-refractivity contribution >= 4 is 23.0 Å². The van der Waals surface area contributed by atoms with Crippen LogP contribution in [0.2, 0.25) is 5.02 Å². The summed E-state index contributed by atoms with van der Waals surface area (Å²) >= 11 is 6.12. The second-order valence-corrected chi connectivity index (χ2v) is 5.60. The van der Waals surface area contributed by atoms with Crippen molar-refractivity contribution in [2.24, 2.45) is 5.92 Å². The van der Waals surface area contributed by atoms with Gasteiger partial charge >= 0.3 is 0 Å². The van der Waals surface area contributed by atoms with E-state index in [2.05, 4.69) is 17.3 Å². The van der Waals surface area contributed by atoms with E-state index < -0.39 is 0 Å². The first-order chi connectivity index (χ1) is 8.66. The lowest BCUT2D eigenvalue weighted by Gasteiger charge is -2.29. The van der Waals surface area contributed by atoms with Crippen molar-refractivity contribution in [1.29, 1.82) is 0 Å². The Hall–Kier alpha value is -0.930. The molecule has 3 N–H and O–H groups in total. The Kier molecular flexibility index (Phi) is 4.72. The summed E-state index contributed by atoms with van der Waals surface area (Å²) in [5.41, 5.74) is 7.51. The van der Waals surface area contributed by atoms with Crippen LogP contribution in [-0.4, -0.2) is 31.6 Å². The minimum absolute atomic E-state index is 0.704. The van der Waals surface area contributed by atoms with E-state index in [1.807, 2.05) is 18.2 Å². The molecule has 1 unspecified atom stereocenters. The van der Waals surface area contributed by atoms with Crippen LogP contribution in [0, 0.1) is 5.92 Å². The average Bonchev–Trinajstić information content (AvgIpc) is 2.33. The molecule has 0 radical (unpaired) electrons. The van der Waals surface area contributed by atoms with Gasteiger partial charge in [0.15, 0.2) is 0 Å². The van der Waals surface area contributed by atoms with Gasteiger partial charge in [-0.3, -0.25) is 0 Å². The zero-order valence-corrected chi connectivity index (χ0v) is 11.7. The lowest BCUT2D eigenvalue weighted by Crippen LogP contribution is -2.32. The smallest absolute Gasteiger partial charge is 0.0763 e. The highest BCUT2D eigenvalue weighted by molar-refractivity contribution is 6.33. The number of nitrogens with zero attached hydrogens (tertiary/aromatic N) is 1. The minimum atomic E-state index is 0.704. The Morgan fingerprint density at radius 3 is 3.06 bits per heavy atom. The van der Waals surface area contributed by atoms with E-state index in [1.54, 1.807) is 0 Å². The second kappa shape index (κ2) is 6.30. The van der Waals surface area contributed by atoms with Gasteiger partial charge < -0.3 is 16.0 Å². The first-order valence-corrected chi connectivity index (χ1v) is 7.01. The molecule has 1 atom stereocenters. The summed E-state index contributed by atoms with van der Waals surface area (Å²) in [7, 11) is 2.20. The number of benzene rings is 1. The number of halogens is 1. The zero-order chi connectivity index (χ0) is 13.0. The third-order valence-corrected chi connectivity index (χ3v) is 3.94. The van der Waals surface area contributed by atoms with Crippen molar-refractivity contribution in [1.82, 2.24) is 4.90 Å². The zero-order valence-electron chi connectivity index (χ0n) is 11.0. The fourth-order valence-corrected chi connectivity index (χ4v) is 2.89. The fraction of sp³-hybridized carbons (Fsp3) is 0.571. The quantitative estimate of drug-likeness (QED) is 0.824. The Morgan fingerprint density at radius 1 is 1.50 bits per heavy atom. The molecule has 18 heavy (non-hydrogen) atoms. The van der Waals surface area contributed by atoms with Crippen molar-refractivity contribution in [2.75, 3.05) is 37.7 Å². The Morgan fingerprint density at radius 2 is 2.33 bits per heavy atom. The van der Waals surface area contributed by atoms with Crippen LogP contribution in [0.25, 0.3) is 0 Å². The van der Waals surface area contributed by atoms with E-state index >= 15 is 0 Å². The van der Waals surface area contributed by atoms with Gasteiger partial charge in [-0.25, -0.2) is 0 Å². The molecule has 1 saturated heterocycles. The highest BCUT2D eigenvalue weighted by Gasteiger charge is 2.16. The maximum absolute atomic E-state index is 6.12. The number of piperidine rings is 1. The summed E-state index contributed by atoms with van der Waals surface area (Å²) in [6, 6.07) is 5.62. The fourth-order valence-electron chi connectivity index (χ4n) is 2.64. The number of hydrogen-bond acceptors (Lipinski definition) is 3. The van der Waals surface area contributed by atoms with Crippen molar-refractivity contribution < 1.29 is 0 Å². The largest absolute Gasteiger partial charge is 0.397 e. The first kappa shape index (κ1) is 13.5. The van der Waals surface area contributed by atoms with Crippen molar-refractivity contribution in [3.05, 3.63) is 23.2 Å². The molecule has 0 aromatic heterocycles. The first-order valence-electron chi connectivity index (χ1n) is 6.63. The van der Waals surface area contributed by atoms with E-state index in [4.69, 9.17) is 17.3 Å². The monoisotopic (exact) mass is 267 g/mol. The van der Waals surface area contributed by atoms with Crippen LogP contribution in [0.5, 0.6) is 0 Å². The number of nitrogens with one attached hydrogen (secondary N) is 1. The number of anilines is 2. The summed E-state index contributed by atoms with van der Waals surface area (Å²) in [6.07, 6.45) is 3.83. The van der Waals surface area contributed by atoms with Crippen LogP contribution in [0.15, 0.2) is 18.2 Å². The minimum Gasteiger partial charge on any atom is -0.397 e. The van der Waals surface area contributed by atoms with E-state index in [1.165, 1.54) is 32.4 Å². The number of likely N-dealkylation sites (tertiary alicyclic amines) is 1. The van der Waals surface area contributed by atoms with Crippen molar-refractivity contribution in [2.45, 2.75) is 19.3 Å². The number of nitrogens with two attached hydrogens (primary N) is 1. The molecule has 0 aliphatic carbocycles. The summed E-state index contributed by atoms with van der Waals surface area (Å²) in [6.45, 7) is 3.38. The van der Waals surface area contributed by atoms with Gasteiger partial charge in [-0.15, -0.1) is 0 Å². The number of nitrogen functional groups attached to an aromatic ring is 1. The van der Waals surface area contributed by atoms with Gasteiger partial charge in [0, 0.05) is 13.1 Å². The highest BCUT2D eigenvalue weighted by Crippen LogP contribution is 2.28. The highest BCUT2D eigenvalue weighted by atomic mass is 35.5. The molecule has 0 amide bonds. The summed E-state index contributed by atoms with van der Waals surface area (Å²) in [5, 5.41) is 4.07. The normalized spacial score (nSPS) is 20.9. The maximum Gasteiger partial charge on any atom is 0.0763 e. The van der Waals surface area contributed by atoms with Gasteiger partial charge in [0.05, 0.1) is 16.4 Å². The summed E-state index contributed by atoms with van der Waals surface area (Å²) < 4.78 is 0. The topological polar surface area (TPSA) is 41.3 Å². The number of hydrogen-bond donors (Lipinski definition) is 2. The van der Waals surface area contributed by atoms with Crippen LogP contribution in [0.3, 0.4) is 0 Å². The van der Waals surface area contributed by atoms with Crippen LogP contribution in [0.4, 0.5) is 11.4 Å². The molecule has 0 bridgehead atoms. The Balaban J connectivity index is 1.81. The van der Waals surface area contributed by atoms with E-state index in [-0.39, 0.29) is 0 Å². The molecule has 0 spiro atoms. The number of rotatable bonds is 4. The van der Waals surface area contributed by atoms with Crippen molar-refractivity contribution in [3.8, 4) is 0 Å². The van der Waals surface area contributed by atoms with Crippen LogP contribution in [0.1, 0.15) is 19.3 Å². The van der Waals surface area contributed by atoms with Crippen molar-refractivity contribution in [3.63, 3.8) is 0 Å². The summed E-state index contributed by atoms with van der Waals surface area (Å²) in [4.78, 5) is 2.41. The molecule has 2 rings (SSSR count). The van der Waals surface area contributed by atoms with Gasteiger partial charge in [0.2, 0.25) is 0 Å². The molecule has 4 heteroatoms. The molecular formula is C14H22ClN3. The van der Waals surface area contributed by atoms with Gasteiger partial charge in [-0.1, -0.05) is 17.7 Å². The standard InChI is InChI=1S/C14H22ClN3/c1-18-9-3-4-11(10-18)7-8-17-14-12(15)5-2-6-13(14)16/h2,5-6,11,17H,3-4,7-10,16H2,1H3. The molecule has 100 valence electrons. The van der Waals surface area contributed by atoms with Crippen LogP contribution < -0.4 is 11.1 Å². The molecule has 1 aromatic carbocycles. The van der Waals surface area contributed by atoms with Gasteiger partial charge in [-0.2, -0.15) is 0 Å². The average molecular weight is 268 g/mol. The molecule has 1 aliphatic rings. The van der Waals surface area contributed by atoms with E-state index in [0.717, 1.165) is 23.8 Å². The van der Waals surface area contributed by atoms with Gasteiger partial charge in [0.1, 0.15) is 0 Å². The predicted octanol–water partition coefficient (Wildman–Crippen LogP) is 3.07. The van der Waals surface area contributed by atoms with Gasteiger partial charge in [0.25, 0.3) is 0 Å². The van der Waals surface area contributed by atoms with Gasteiger partial charge in [-0.05, 0) is 50.9 Å². The number of para-hydroxylation sites is 1. The van der Waals surface area contributed by atoms with Crippen LogP contribution in [-0.2, 0) is 0 Å². The second-order valence-electron chi connectivity index (χ2n) is 5.19. The van der Waals surface area contributed by atoms with E-state index in [0.29, 0.717) is 5.02 Å². The SMILES string of the molecule is CN1CCCC(CCNc2c(N)cccc2Cl)C1. The molecule has 1 heterocycles. The third kappa shape index (κ3) is 3.53. The molecule has 1 aliphatic heterocycles. The molecule has 0 saturated carbocycles. The van der Waals surface area contributed by atoms with Crippen LogP contribution >= 0.6 is 11.6 Å². The Bertz CT molecular complexity index is 374. The third-order valence-electron chi connectivity index (χ3n) is 3.62. The maximum atomic E-state index is 6.12. The molecular weight excluding hydrogens is 246 g/mol. The molecule has 1 fully saturated rings. The lowest BCUT2D eigenvalue weighted by molar-refractivity contribution is 0.205.